The Balaban J connectivity index is 1.34. The van der Waals surface area contributed by atoms with Crippen LogP contribution in [0.25, 0.3) is 0 Å². The zero-order valence-corrected chi connectivity index (χ0v) is 19.3. The lowest BCUT2D eigenvalue weighted by atomic mass is 9.97. The fourth-order valence-corrected chi connectivity index (χ4v) is 6.64. The molecule has 2 aliphatic rings. The highest BCUT2D eigenvalue weighted by molar-refractivity contribution is 7.91. The van der Waals surface area contributed by atoms with Gasteiger partial charge in [-0.05, 0) is 49.3 Å². The average Bonchev–Trinajstić information content (AvgIpc) is 3.52. The van der Waals surface area contributed by atoms with Crippen LogP contribution in [0.2, 0.25) is 0 Å². The van der Waals surface area contributed by atoms with Gasteiger partial charge in [0.05, 0.1) is 17.4 Å². The van der Waals surface area contributed by atoms with Gasteiger partial charge in [-0.25, -0.2) is 8.42 Å². The van der Waals surface area contributed by atoms with E-state index in [1.807, 2.05) is 0 Å². The third-order valence-electron chi connectivity index (χ3n) is 5.86. The first-order chi connectivity index (χ1) is 15.4. The molecule has 4 rings (SSSR count). The van der Waals surface area contributed by atoms with Crippen LogP contribution in [0.1, 0.15) is 36.0 Å². The minimum absolute atomic E-state index is 0.0383. The maximum absolute atomic E-state index is 12.9. The van der Waals surface area contributed by atoms with E-state index in [9.17, 15) is 18.0 Å². The van der Waals surface area contributed by atoms with Crippen molar-refractivity contribution in [2.45, 2.75) is 36.0 Å². The first-order valence-electron chi connectivity index (χ1n) is 10.8. The molecule has 1 aromatic heterocycles. The van der Waals surface area contributed by atoms with Crippen molar-refractivity contribution in [2.75, 3.05) is 31.6 Å². The summed E-state index contributed by atoms with van der Waals surface area (Å²) in [6, 6.07) is 10.2. The molecule has 2 saturated heterocycles. The van der Waals surface area contributed by atoms with Gasteiger partial charge in [0.15, 0.2) is 0 Å². The van der Waals surface area contributed by atoms with Crippen LogP contribution in [0, 0.1) is 5.92 Å². The van der Waals surface area contributed by atoms with Gasteiger partial charge in [0.1, 0.15) is 4.21 Å². The lowest BCUT2D eigenvalue weighted by Crippen LogP contribution is -2.41. The Hall–Kier alpha value is -2.27. The fraction of sp³-hybridized carbons (Fsp3) is 0.455. The number of piperidine rings is 1. The topological polar surface area (TPSA) is 105 Å². The van der Waals surface area contributed by atoms with Crippen LogP contribution >= 0.6 is 11.3 Å². The van der Waals surface area contributed by atoms with E-state index in [1.165, 1.54) is 15.6 Å². The summed E-state index contributed by atoms with van der Waals surface area (Å²) in [6.45, 7) is 1.75. The van der Waals surface area contributed by atoms with Crippen LogP contribution in [0.3, 0.4) is 0 Å². The lowest BCUT2D eigenvalue weighted by molar-refractivity contribution is -0.120. The first-order valence-corrected chi connectivity index (χ1v) is 13.1. The SMILES string of the molecule is O=C(NC[C@@H]1CCCO1)c1ccccc1NC(=O)C1CCN(S(=O)(=O)c2cccs2)CC1. The summed E-state index contributed by atoms with van der Waals surface area (Å²) in [5, 5.41) is 7.49. The van der Waals surface area contributed by atoms with Gasteiger partial charge >= 0.3 is 0 Å². The van der Waals surface area contributed by atoms with E-state index in [-0.39, 0.29) is 23.8 Å². The van der Waals surface area contributed by atoms with Crippen molar-refractivity contribution >= 4 is 38.9 Å². The predicted octanol–water partition coefficient (Wildman–Crippen LogP) is 2.70. The van der Waals surface area contributed by atoms with Crippen LogP contribution < -0.4 is 10.6 Å². The van der Waals surface area contributed by atoms with Gasteiger partial charge in [0.25, 0.3) is 15.9 Å². The summed E-state index contributed by atoms with van der Waals surface area (Å²) >= 11 is 1.19. The highest BCUT2D eigenvalue weighted by Crippen LogP contribution is 2.27. The molecule has 2 aromatic rings. The fourth-order valence-electron chi connectivity index (χ4n) is 4.03. The number of sulfonamides is 1. The van der Waals surface area contributed by atoms with Crippen molar-refractivity contribution in [3.8, 4) is 0 Å². The van der Waals surface area contributed by atoms with Crippen molar-refractivity contribution in [3.05, 3.63) is 47.3 Å². The summed E-state index contributed by atoms with van der Waals surface area (Å²) in [5.74, 6) is -0.765. The van der Waals surface area contributed by atoms with E-state index in [0.29, 0.717) is 47.9 Å². The number of benzene rings is 1. The third-order valence-corrected chi connectivity index (χ3v) is 9.13. The second-order valence-electron chi connectivity index (χ2n) is 7.99. The standard InChI is InChI=1S/C22H27N3O5S2/c26-21(16-9-11-25(12-10-16)32(28,29)20-8-4-14-31-20)24-19-7-2-1-6-18(19)22(27)23-15-17-5-3-13-30-17/h1-2,4,6-8,14,16-17H,3,5,9-13,15H2,(H,23,27)(H,24,26)/t17-/m0/s1. The van der Waals surface area contributed by atoms with Crippen molar-refractivity contribution in [1.82, 2.24) is 9.62 Å². The quantitative estimate of drug-likeness (QED) is 0.638. The zero-order chi connectivity index (χ0) is 22.6. The summed E-state index contributed by atoms with van der Waals surface area (Å²) in [7, 11) is -3.50. The highest BCUT2D eigenvalue weighted by Gasteiger charge is 2.33. The number of hydrogen-bond acceptors (Lipinski definition) is 6. The monoisotopic (exact) mass is 477 g/mol. The number of nitrogens with zero attached hydrogens (tertiary/aromatic N) is 1. The minimum atomic E-state index is -3.50. The van der Waals surface area contributed by atoms with Gasteiger partial charge in [-0.2, -0.15) is 4.31 Å². The maximum Gasteiger partial charge on any atom is 0.253 e. The second-order valence-corrected chi connectivity index (χ2v) is 11.1. The molecule has 0 unspecified atom stereocenters. The summed E-state index contributed by atoms with van der Waals surface area (Å²) < 4.78 is 32.7. The van der Waals surface area contributed by atoms with E-state index in [2.05, 4.69) is 10.6 Å². The molecule has 0 aliphatic carbocycles. The van der Waals surface area contributed by atoms with Crippen molar-refractivity contribution < 1.29 is 22.7 Å². The van der Waals surface area contributed by atoms with Gasteiger partial charge in [0, 0.05) is 32.2 Å². The van der Waals surface area contributed by atoms with E-state index in [1.54, 1.807) is 41.8 Å². The van der Waals surface area contributed by atoms with Crippen LogP contribution in [-0.4, -0.2) is 56.9 Å². The predicted molar refractivity (Wildman–Crippen MR) is 122 cm³/mol. The summed E-state index contributed by atoms with van der Waals surface area (Å²) in [4.78, 5) is 25.5. The molecule has 10 heteroatoms. The number of hydrogen-bond donors (Lipinski definition) is 2. The van der Waals surface area contributed by atoms with Gasteiger partial charge in [-0.3, -0.25) is 9.59 Å². The van der Waals surface area contributed by atoms with Gasteiger partial charge in [-0.15, -0.1) is 11.3 Å². The number of anilines is 1. The summed E-state index contributed by atoms with van der Waals surface area (Å²) in [5.41, 5.74) is 0.854. The number of rotatable bonds is 7. The van der Waals surface area contributed by atoms with Crippen LogP contribution in [0.5, 0.6) is 0 Å². The Labute approximate surface area is 192 Å². The molecule has 1 atom stereocenters. The molecule has 0 spiro atoms. The number of carbonyl (C=O) groups is 2. The first kappa shape index (κ1) is 22.9. The molecule has 1 aromatic carbocycles. The molecule has 0 bridgehead atoms. The molecule has 2 N–H and O–H groups in total. The maximum atomic E-state index is 12.9. The number of para-hydroxylation sites is 1. The molecule has 3 heterocycles. The van der Waals surface area contributed by atoms with E-state index < -0.39 is 10.0 Å². The third kappa shape index (κ3) is 5.20. The highest BCUT2D eigenvalue weighted by atomic mass is 32.2. The molecular weight excluding hydrogens is 450 g/mol. The smallest absolute Gasteiger partial charge is 0.253 e. The van der Waals surface area contributed by atoms with E-state index in [0.717, 1.165) is 19.4 Å². The molecule has 2 aliphatic heterocycles. The molecule has 2 amide bonds. The average molecular weight is 478 g/mol. The normalized spacial score (nSPS) is 20.2. The van der Waals surface area contributed by atoms with Crippen LogP contribution in [0.15, 0.2) is 46.0 Å². The molecule has 2 fully saturated rings. The molecule has 0 radical (unpaired) electrons. The Morgan fingerprint density at radius 3 is 2.56 bits per heavy atom. The summed E-state index contributed by atoms with van der Waals surface area (Å²) in [6.07, 6.45) is 2.84. The number of amides is 2. The number of nitrogens with one attached hydrogen (secondary N) is 2. The Kier molecular flexibility index (Phi) is 7.24. The number of ether oxygens (including phenoxy) is 1. The molecule has 0 saturated carbocycles. The number of thiophene rings is 1. The molecule has 32 heavy (non-hydrogen) atoms. The second kappa shape index (κ2) is 10.1. The van der Waals surface area contributed by atoms with Crippen molar-refractivity contribution in [1.29, 1.82) is 0 Å². The van der Waals surface area contributed by atoms with Gasteiger partial charge < -0.3 is 15.4 Å². The van der Waals surface area contributed by atoms with Crippen molar-refractivity contribution in [3.63, 3.8) is 0 Å². The van der Waals surface area contributed by atoms with E-state index >= 15 is 0 Å². The molecular formula is C22H27N3O5S2. The van der Waals surface area contributed by atoms with Crippen molar-refractivity contribution in [2.24, 2.45) is 5.92 Å². The largest absolute Gasteiger partial charge is 0.376 e. The van der Waals surface area contributed by atoms with Crippen LogP contribution in [-0.2, 0) is 19.6 Å². The lowest BCUT2D eigenvalue weighted by Gasteiger charge is -2.30. The minimum Gasteiger partial charge on any atom is -0.376 e. The Morgan fingerprint density at radius 2 is 1.88 bits per heavy atom. The zero-order valence-electron chi connectivity index (χ0n) is 17.7. The molecule has 8 nitrogen and oxygen atoms in total. The van der Waals surface area contributed by atoms with E-state index in [4.69, 9.17) is 4.74 Å². The molecule has 172 valence electrons. The van der Waals surface area contributed by atoms with Crippen LogP contribution in [0.4, 0.5) is 5.69 Å². The number of carbonyl (C=O) groups excluding carboxylic acids is 2. The van der Waals surface area contributed by atoms with Gasteiger partial charge in [0.2, 0.25) is 5.91 Å². The Morgan fingerprint density at radius 1 is 1.09 bits per heavy atom. The van der Waals surface area contributed by atoms with Gasteiger partial charge in [-0.1, -0.05) is 18.2 Å². The Bertz CT molecular complexity index is 1040.